The van der Waals surface area contributed by atoms with Gasteiger partial charge in [-0.15, -0.1) is 0 Å². The van der Waals surface area contributed by atoms with Gasteiger partial charge in [-0.2, -0.15) is 19.3 Å². The highest BCUT2D eigenvalue weighted by molar-refractivity contribution is 7.00. The van der Waals surface area contributed by atoms with Crippen LogP contribution >= 0.6 is 11.7 Å². The lowest BCUT2D eigenvalue weighted by Gasteiger charge is -2.18. The van der Waals surface area contributed by atoms with Gasteiger partial charge in [-0.25, -0.2) is 0 Å². The van der Waals surface area contributed by atoms with Crippen LogP contribution in [0.25, 0.3) is 56.6 Å². The monoisotopic (exact) mass is 1310 g/mol. The van der Waals surface area contributed by atoms with Crippen molar-refractivity contribution < 1.29 is 28.4 Å². The van der Waals surface area contributed by atoms with Crippen LogP contribution in [-0.4, -0.2) is 48.4 Å². The number of benzene rings is 5. The van der Waals surface area contributed by atoms with Gasteiger partial charge >= 0.3 is 0 Å². The van der Waals surface area contributed by atoms with E-state index < -0.39 is 0 Å². The van der Waals surface area contributed by atoms with Crippen molar-refractivity contribution in [1.82, 2.24) is 8.75 Å². The van der Waals surface area contributed by atoms with Gasteiger partial charge in [0.25, 0.3) is 0 Å². The molecule has 0 unspecified atom stereocenters. The number of ether oxygens (including phenoxy) is 6. The molecule has 0 aliphatic rings. The van der Waals surface area contributed by atoms with Gasteiger partial charge in [-0.05, 0) is 108 Å². The topological polar surface area (TPSA) is 129 Å². The third kappa shape index (κ3) is 28.0. The molecule has 0 saturated heterocycles. The Hall–Kier alpha value is -6.82. The van der Waals surface area contributed by atoms with Gasteiger partial charge in [-0.3, -0.25) is 0 Å². The number of rotatable bonds is 54. The Morgan fingerprint density at radius 3 is 0.821 bits per heavy atom. The van der Waals surface area contributed by atoms with E-state index in [2.05, 4.69) is 90.1 Å². The highest BCUT2D eigenvalue weighted by atomic mass is 32.1. The SMILES string of the molecule is CCCCCCCCOc1cc(/C=C(\C#N)c2ccc(-c3ccc(-c4ccc(/C(C#N)=C\c5cc(OCCCCCCCC)c(OCCCCCCCC)c(OCCCCCCCC)c5)cc4)c4nsnc34)cc2)cc(OCCCCCCCC)c1OCCCCCCCC. The van der Waals surface area contributed by atoms with Crippen LogP contribution in [0.5, 0.6) is 34.5 Å². The standard InChI is InChI=1S/C84H118N4O6S/c1-7-13-19-25-31-37-53-89-77-61-67(62-78(90-54-38-32-26-20-14-8-2)83(77)93-57-41-35-29-23-17-11-5)59-73(65-85)69-43-47-71(48-44-69)75-51-52-76(82-81(75)87-95-88-82)72-49-45-70(46-50-72)74(66-86)60-68-63-79(91-55-39-33-27-21-15-9-3)84(94-58-42-36-30-24-18-12-6)80(64-68)92-56-40-34-28-22-16-10-4/h43-52,59-64H,7-42,53-58H2,1-6H3/b73-59-,74-60+. The van der Waals surface area contributed by atoms with Gasteiger partial charge in [0.05, 0.1) is 74.7 Å². The first-order valence-electron chi connectivity index (χ1n) is 37.7. The van der Waals surface area contributed by atoms with E-state index in [9.17, 15) is 10.5 Å². The van der Waals surface area contributed by atoms with E-state index in [4.69, 9.17) is 37.2 Å². The maximum absolute atomic E-state index is 10.8. The Kier molecular flexibility index (Phi) is 39.0. The Morgan fingerprint density at radius 1 is 0.326 bits per heavy atom. The summed E-state index contributed by atoms with van der Waals surface area (Å²) in [5.41, 5.74) is 9.81. The lowest BCUT2D eigenvalue weighted by Crippen LogP contribution is -2.07. The van der Waals surface area contributed by atoms with Crippen LogP contribution in [-0.2, 0) is 0 Å². The number of hydrogen-bond donors (Lipinski definition) is 0. The Balaban J connectivity index is 1.24. The summed E-state index contributed by atoms with van der Waals surface area (Å²) in [7, 11) is 0. The Labute approximate surface area is 578 Å². The Bertz CT molecular complexity index is 2920. The first-order valence-corrected chi connectivity index (χ1v) is 38.5. The van der Waals surface area contributed by atoms with Gasteiger partial charge in [-0.1, -0.05) is 295 Å². The minimum Gasteiger partial charge on any atom is -0.490 e. The molecule has 0 N–H and O–H groups in total. The Morgan fingerprint density at radius 2 is 0.568 bits per heavy atom. The summed E-state index contributed by atoms with van der Waals surface area (Å²) in [5.74, 6) is 4.03. The molecule has 6 aromatic rings. The third-order valence-electron chi connectivity index (χ3n) is 17.9. The smallest absolute Gasteiger partial charge is 0.203 e. The predicted molar refractivity (Wildman–Crippen MR) is 401 cm³/mol. The minimum atomic E-state index is 0.534. The van der Waals surface area contributed by atoms with Gasteiger partial charge in [0.15, 0.2) is 23.0 Å². The van der Waals surface area contributed by atoms with Crippen molar-refractivity contribution in [3.05, 3.63) is 107 Å². The van der Waals surface area contributed by atoms with Crippen molar-refractivity contribution in [3.63, 3.8) is 0 Å². The van der Waals surface area contributed by atoms with Gasteiger partial charge in [0.1, 0.15) is 11.0 Å². The van der Waals surface area contributed by atoms with E-state index in [0.29, 0.717) is 85.3 Å². The normalized spacial score (nSPS) is 11.7. The lowest BCUT2D eigenvalue weighted by molar-refractivity contribution is 0.234. The second-order valence-corrected chi connectivity index (χ2v) is 26.5. The van der Waals surface area contributed by atoms with Crippen molar-refractivity contribution in [2.45, 2.75) is 273 Å². The van der Waals surface area contributed by atoms with E-state index in [1.54, 1.807) is 0 Å². The van der Waals surface area contributed by atoms with Crippen LogP contribution < -0.4 is 28.4 Å². The van der Waals surface area contributed by atoms with E-state index in [1.807, 2.05) is 60.7 Å². The molecule has 0 bridgehead atoms. The summed E-state index contributed by atoms with van der Waals surface area (Å²) in [6, 6.07) is 33.7. The number of nitriles is 2. The predicted octanol–water partition coefficient (Wildman–Crippen LogP) is 25.6. The van der Waals surface area contributed by atoms with Gasteiger partial charge in [0, 0.05) is 11.1 Å². The minimum absolute atomic E-state index is 0.534. The zero-order chi connectivity index (χ0) is 67.2. The van der Waals surface area contributed by atoms with Crippen LogP contribution in [0.1, 0.15) is 295 Å². The number of nitrogens with zero attached hydrogens (tertiary/aromatic N) is 4. The molecule has 0 fully saturated rings. The fourth-order valence-electron chi connectivity index (χ4n) is 12.1. The molecular formula is C84H118N4O6S. The van der Waals surface area contributed by atoms with E-state index in [1.165, 1.54) is 166 Å². The summed E-state index contributed by atoms with van der Waals surface area (Å²) >= 11 is 1.20. The first kappa shape index (κ1) is 77.2. The van der Waals surface area contributed by atoms with Crippen molar-refractivity contribution >= 4 is 46.1 Å². The first-order chi connectivity index (χ1) is 46.9. The number of hydrogen-bond acceptors (Lipinski definition) is 11. The zero-order valence-corrected chi connectivity index (χ0v) is 60.4. The summed E-state index contributed by atoms with van der Waals surface area (Å²) in [5, 5.41) is 21.6. The molecule has 11 heteroatoms. The molecule has 0 spiro atoms. The second-order valence-electron chi connectivity index (χ2n) is 26.0. The van der Waals surface area contributed by atoms with E-state index >= 15 is 0 Å². The van der Waals surface area contributed by atoms with Gasteiger partial charge in [0.2, 0.25) is 11.5 Å². The highest BCUT2D eigenvalue weighted by Crippen LogP contribution is 2.43. The third-order valence-corrected chi connectivity index (χ3v) is 18.4. The highest BCUT2D eigenvalue weighted by Gasteiger charge is 2.20. The molecule has 1 heterocycles. The molecule has 1 aromatic heterocycles. The van der Waals surface area contributed by atoms with Crippen LogP contribution in [0.4, 0.5) is 0 Å². The molecule has 0 atom stereocenters. The van der Waals surface area contributed by atoms with E-state index in [0.717, 1.165) is 133 Å². The number of fused-ring (bicyclic) bond motifs is 1. The van der Waals surface area contributed by atoms with Gasteiger partial charge < -0.3 is 28.4 Å². The van der Waals surface area contributed by atoms with Crippen LogP contribution in [0, 0.1) is 22.7 Å². The van der Waals surface area contributed by atoms with Crippen LogP contribution in [0.3, 0.4) is 0 Å². The fraction of sp³-hybridized carbons (Fsp3) is 0.571. The molecule has 516 valence electrons. The number of aromatic nitrogens is 2. The summed E-state index contributed by atoms with van der Waals surface area (Å²) in [6.07, 6.45) is 46.1. The average Bonchev–Trinajstić information content (AvgIpc) is 1.76. The maximum atomic E-state index is 10.8. The summed E-state index contributed by atoms with van der Waals surface area (Å²) < 4.78 is 49.4. The number of allylic oxidation sites excluding steroid dienone is 2. The largest absolute Gasteiger partial charge is 0.490 e. The molecule has 0 amide bonds. The quantitative estimate of drug-likeness (QED) is 0.0207. The summed E-state index contributed by atoms with van der Waals surface area (Å²) in [4.78, 5) is 0. The second kappa shape index (κ2) is 48.0. The van der Waals surface area contributed by atoms with Crippen molar-refractivity contribution in [2.75, 3.05) is 39.6 Å². The van der Waals surface area contributed by atoms with Crippen LogP contribution in [0.15, 0.2) is 84.9 Å². The fourth-order valence-corrected chi connectivity index (χ4v) is 12.7. The average molecular weight is 1310 g/mol. The van der Waals surface area contributed by atoms with Crippen molar-refractivity contribution in [2.24, 2.45) is 0 Å². The molecule has 10 nitrogen and oxygen atoms in total. The summed E-state index contributed by atoms with van der Waals surface area (Å²) in [6.45, 7) is 17.1. The van der Waals surface area contributed by atoms with E-state index in [-0.39, 0.29) is 0 Å². The maximum Gasteiger partial charge on any atom is 0.203 e. The number of unbranched alkanes of at least 4 members (excludes halogenated alkanes) is 30. The molecule has 5 aromatic carbocycles. The molecule has 0 saturated carbocycles. The van der Waals surface area contributed by atoms with Crippen LogP contribution in [0.2, 0.25) is 0 Å². The van der Waals surface area contributed by atoms with Crippen molar-refractivity contribution in [3.8, 4) is 68.9 Å². The molecule has 0 radical (unpaired) electrons. The molecule has 95 heavy (non-hydrogen) atoms. The molecule has 0 aliphatic heterocycles. The molecule has 6 rings (SSSR count). The molecular weight excluding hydrogens is 1190 g/mol. The van der Waals surface area contributed by atoms with Crippen molar-refractivity contribution in [1.29, 1.82) is 10.5 Å². The lowest BCUT2D eigenvalue weighted by atomic mass is 9.95. The molecule has 0 aliphatic carbocycles. The zero-order valence-electron chi connectivity index (χ0n) is 59.6.